The van der Waals surface area contributed by atoms with E-state index in [0.29, 0.717) is 12.1 Å². The largest absolute Gasteiger partial charge is 0.369 e. The highest BCUT2D eigenvalue weighted by molar-refractivity contribution is 5.97. The molecule has 136 valence electrons. The van der Waals surface area contributed by atoms with Crippen molar-refractivity contribution in [3.8, 4) is 0 Å². The fraction of sp³-hybridized carbons (Fsp3) is 0.550. The molecule has 2 amide bonds. The smallest absolute Gasteiger partial charge is 0.230 e. The number of nitrogens with two attached hydrogens (primary N) is 1. The third-order valence-corrected chi connectivity index (χ3v) is 5.16. The SMILES string of the molecule is CC(C)C(=O)c1ccc([C@H](C)C(=O)N2C[C@@H](C(N)=O)CC[C@@H]2C)cc1. The zero-order chi connectivity index (χ0) is 18.7. The highest BCUT2D eigenvalue weighted by Crippen LogP contribution is 2.27. The van der Waals surface area contributed by atoms with Gasteiger partial charge in [-0.2, -0.15) is 0 Å². The Morgan fingerprint density at radius 2 is 1.68 bits per heavy atom. The van der Waals surface area contributed by atoms with Crippen LogP contribution in [0.3, 0.4) is 0 Å². The molecule has 0 radical (unpaired) electrons. The maximum Gasteiger partial charge on any atom is 0.230 e. The summed E-state index contributed by atoms with van der Waals surface area (Å²) in [4.78, 5) is 38.2. The highest BCUT2D eigenvalue weighted by atomic mass is 16.2. The number of primary amides is 1. The van der Waals surface area contributed by atoms with Gasteiger partial charge in [-0.05, 0) is 32.3 Å². The van der Waals surface area contributed by atoms with Crippen LogP contribution in [0, 0.1) is 11.8 Å². The fourth-order valence-electron chi connectivity index (χ4n) is 3.31. The number of amides is 2. The number of ketones is 1. The van der Waals surface area contributed by atoms with E-state index in [1.807, 2.05) is 39.8 Å². The van der Waals surface area contributed by atoms with Gasteiger partial charge in [0.25, 0.3) is 0 Å². The second kappa shape index (κ2) is 7.81. The van der Waals surface area contributed by atoms with E-state index < -0.39 is 0 Å². The quantitative estimate of drug-likeness (QED) is 0.834. The van der Waals surface area contributed by atoms with E-state index in [2.05, 4.69) is 0 Å². The number of hydrogen-bond donors (Lipinski definition) is 1. The Kier molecular flexibility index (Phi) is 5.98. The molecule has 1 aromatic carbocycles. The third kappa shape index (κ3) is 4.27. The summed E-state index contributed by atoms with van der Waals surface area (Å²) in [7, 11) is 0. The molecular weight excluding hydrogens is 316 g/mol. The molecule has 0 aliphatic carbocycles. The molecule has 0 spiro atoms. The molecule has 1 fully saturated rings. The van der Waals surface area contributed by atoms with Gasteiger partial charge in [-0.1, -0.05) is 38.1 Å². The lowest BCUT2D eigenvalue weighted by Crippen LogP contribution is -2.49. The van der Waals surface area contributed by atoms with E-state index in [0.717, 1.165) is 18.4 Å². The highest BCUT2D eigenvalue weighted by Gasteiger charge is 2.33. The van der Waals surface area contributed by atoms with Crippen LogP contribution in [0.2, 0.25) is 0 Å². The summed E-state index contributed by atoms with van der Waals surface area (Å²) in [5.74, 6) is -0.879. The van der Waals surface area contributed by atoms with Crippen molar-refractivity contribution in [1.82, 2.24) is 4.90 Å². The number of piperidine rings is 1. The predicted molar refractivity (Wildman–Crippen MR) is 97.1 cm³/mol. The Bertz CT molecular complexity index is 651. The number of hydrogen-bond acceptors (Lipinski definition) is 3. The van der Waals surface area contributed by atoms with Gasteiger partial charge in [0, 0.05) is 24.1 Å². The van der Waals surface area contributed by atoms with E-state index in [1.165, 1.54) is 0 Å². The summed E-state index contributed by atoms with van der Waals surface area (Å²) in [6, 6.07) is 7.37. The number of nitrogens with zero attached hydrogens (tertiary/aromatic N) is 1. The number of carbonyl (C=O) groups excluding carboxylic acids is 3. The maximum atomic E-state index is 12.9. The zero-order valence-corrected chi connectivity index (χ0v) is 15.5. The molecule has 0 unspecified atom stereocenters. The summed E-state index contributed by atoms with van der Waals surface area (Å²) < 4.78 is 0. The minimum Gasteiger partial charge on any atom is -0.369 e. The molecular formula is C20H28N2O3. The van der Waals surface area contributed by atoms with Gasteiger partial charge in [0.15, 0.2) is 5.78 Å². The maximum absolute atomic E-state index is 12.9. The Labute approximate surface area is 149 Å². The standard InChI is InChI=1S/C20H28N2O3/c1-12(2)18(23)16-9-7-15(8-10-16)14(4)20(25)22-11-17(19(21)24)6-5-13(22)3/h7-10,12-14,17H,5-6,11H2,1-4H3,(H2,21,24)/t13-,14-,17-/m0/s1. The van der Waals surface area contributed by atoms with Crippen molar-refractivity contribution < 1.29 is 14.4 Å². The summed E-state index contributed by atoms with van der Waals surface area (Å²) in [5, 5.41) is 0. The molecule has 25 heavy (non-hydrogen) atoms. The van der Waals surface area contributed by atoms with Gasteiger partial charge in [0.2, 0.25) is 11.8 Å². The molecule has 5 nitrogen and oxygen atoms in total. The topological polar surface area (TPSA) is 80.5 Å². The molecule has 2 rings (SSSR count). The van der Waals surface area contributed by atoms with Crippen molar-refractivity contribution in [3.05, 3.63) is 35.4 Å². The van der Waals surface area contributed by atoms with E-state index in [4.69, 9.17) is 5.73 Å². The molecule has 1 aromatic rings. The first kappa shape index (κ1) is 19.2. The molecule has 1 saturated heterocycles. The molecule has 1 aliphatic rings. The number of benzene rings is 1. The molecule has 0 bridgehead atoms. The van der Waals surface area contributed by atoms with Crippen LogP contribution < -0.4 is 5.73 Å². The fourth-order valence-corrected chi connectivity index (χ4v) is 3.31. The van der Waals surface area contributed by atoms with Gasteiger partial charge in [-0.15, -0.1) is 0 Å². The van der Waals surface area contributed by atoms with Crippen LogP contribution in [0.5, 0.6) is 0 Å². The van der Waals surface area contributed by atoms with Gasteiger partial charge >= 0.3 is 0 Å². The van der Waals surface area contributed by atoms with Gasteiger partial charge in [0.05, 0.1) is 11.8 Å². The summed E-state index contributed by atoms with van der Waals surface area (Å²) in [6.45, 7) is 8.00. The average Bonchev–Trinajstić information content (AvgIpc) is 2.60. The Balaban J connectivity index is 2.13. The van der Waals surface area contributed by atoms with E-state index >= 15 is 0 Å². The lowest BCUT2D eigenvalue weighted by Gasteiger charge is -2.38. The molecule has 5 heteroatoms. The summed E-state index contributed by atoms with van der Waals surface area (Å²) >= 11 is 0. The predicted octanol–water partition coefficient (Wildman–Crippen LogP) is 2.74. The minimum atomic E-state index is -0.339. The first-order chi connectivity index (χ1) is 11.7. The van der Waals surface area contributed by atoms with Crippen molar-refractivity contribution in [2.75, 3.05) is 6.54 Å². The average molecular weight is 344 g/mol. The van der Waals surface area contributed by atoms with Crippen LogP contribution >= 0.6 is 0 Å². The van der Waals surface area contributed by atoms with Crippen LogP contribution in [0.25, 0.3) is 0 Å². The van der Waals surface area contributed by atoms with Gasteiger partial charge in [-0.3, -0.25) is 14.4 Å². The van der Waals surface area contributed by atoms with Crippen molar-refractivity contribution in [2.45, 2.75) is 52.5 Å². The number of carbonyl (C=O) groups is 3. The van der Waals surface area contributed by atoms with Crippen LogP contribution in [0.1, 0.15) is 62.4 Å². The molecule has 3 atom stereocenters. The summed E-state index contributed by atoms with van der Waals surface area (Å²) in [6.07, 6.45) is 1.52. The van der Waals surface area contributed by atoms with E-state index in [1.54, 1.807) is 17.0 Å². The normalized spacial score (nSPS) is 21.9. The third-order valence-electron chi connectivity index (χ3n) is 5.16. The molecule has 1 heterocycles. The lowest BCUT2D eigenvalue weighted by atomic mass is 9.90. The minimum absolute atomic E-state index is 0.00128. The van der Waals surface area contributed by atoms with E-state index in [-0.39, 0.29) is 41.4 Å². The van der Waals surface area contributed by atoms with Crippen molar-refractivity contribution in [1.29, 1.82) is 0 Å². The molecule has 1 aliphatic heterocycles. The number of rotatable bonds is 5. The molecule has 0 saturated carbocycles. The van der Waals surface area contributed by atoms with Crippen LogP contribution in [-0.4, -0.2) is 35.1 Å². The van der Waals surface area contributed by atoms with Crippen molar-refractivity contribution in [2.24, 2.45) is 17.6 Å². The number of Topliss-reactive ketones (excluding diaryl/α,β-unsaturated/α-hetero) is 1. The van der Waals surface area contributed by atoms with E-state index in [9.17, 15) is 14.4 Å². The zero-order valence-electron chi connectivity index (χ0n) is 15.5. The van der Waals surface area contributed by atoms with Crippen LogP contribution in [0.4, 0.5) is 0 Å². The Hall–Kier alpha value is -2.17. The monoisotopic (exact) mass is 344 g/mol. The lowest BCUT2D eigenvalue weighted by molar-refractivity contribution is -0.138. The molecule has 2 N–H and O–H groups in total. The number of likely N-dealkylation sites (tertiary alicyclic amines) is 1. The second-order valence-corrected chi connectivity index (χ2v) is 7.38. The summed E-state index contributed by atoms with van der Waals surface area (Å²) in [5.41, 5.74) is 6.96. The Morgan fingerprint density at radius 3 is 2.20 bits per heavy atom. The van der Waals surface area contributed by atoms with Crippen LogP contribution in [0.15, 0.2) is 24.3 Å². The van der Waals surface area contributed by atoms with Crippen LogP contribution in [-0.2, 0) is 9.59 Å². The first-order valence-corrected chi connectivity index (χ1v) is 8.96. The first-order valence-electron chi connectivity index (χ1n) is 8.96. The van der Waals surface area contributed by atoms with Gasteiger partial charge < -0.3 is 10.6 Å². The van der Waals surface area contributed by atoms with Gasteiger partial charge in [-0.25, -0.2) is 0 Å². The van der Waals surface area contributed by atoms with Crippen molar-refractivity contribution in [3.63, 3.8) is 0 Å². The second-order valence-electron chi connectivity index (χ2n) is 7.38. The molecule has 0 aromatic heterocycles. The Morgan fingerprint density at radius 1 is 1.08 bits per heavy atom. The van der Waals surface area contributed by atoms with Crippen molar-refractivity contribution >= 4 is 17.6 Å². The van der Waals surface area contributed by atoms with Gasteiger partial charge in [0.1, 0.15) is 0 Å².